The number of benzene rings is 1. The lowest BCUT2D eigenvalue weighted by atomic mass is 9.87. The van der Waals surface area contributed by atoms with Gasteiger partial charge in [0.1, 0.15) is 0 Å². The zero-order valence-electron chi connectivity index (χ0n) is 13.7. The molecule has 0 unspecified atom stereocenters. The number of hydrogen-bond acceptors (Lipinski definition) is 7. The first kappa shape index (κ1) is 16.0. The summed E-state index contributed by atoms with van der Waals surface area (Å²) in [6.45, 7) is 0.828. The zero-order chi connectivity index (χ0) is 17.7. The lowest BCUT2D eigenvalue weighted by molar-refractivity contribution is 0.170. The van der Waals surface area contributed by atoms with Crippen molar-refractivity contribution in [3.63, 3.8) is 0 Å². The maximum atomic E-state index is 12.5. The highest BCUT2D eigenvalue weighted by molar-refractivity contribution is 7.71. The highest BCUT2D eigenvalue weighted by Gasteiger charge is 2.37. The summed E-state index contributed by atoms with van der Waals surface area (Å²) < 4.78 is 16.7. The largest absolute Gasteiger partial charge is 0.494 e. The molecule has 0 aliphatic carbocycles. The van der Waals surface area contributed by atoms with Crippen molar-refractivity contribution in [3.05, 3.63) is 37.9 Å². The van der Waals surface area contributed by atoms with Gasteiger partial charge in [0, 0.05) is 12.1 Å². The van der Waals surface area contributed by atoms with Crippen molar-refractivity contribution >= 4 is 12.2 Å². The van der Waals surface area contributed by atoms with E-state index in [9.17, 15) is 9.90 Å². The number of nitrogens with one attached hydrogen (secondary N) is 2. The van der Waals surface area contributed by atoms with E-state index in [-0.39, 0.29) is 23.0 Å². The van der Waals surface area contributed by atoms with Gasteiger partial charge in [-0.25, -0.2) is 0 Å². The van der Waals surface area contributed by atoms with Gasteiger partial charge in [0.25, 0.3) is 5.56 Å². The van der Waals surface area contributed by atoms with Crippen LogP contribution in [-0.2, 0) is 6.42 Å². The van der Waals surface area contributed by atoms with Crippen LogP contribution in [0, 0.1) is 4.77 Å². The van der Waals surface area contributed by atoms with E-state index in [2.05, 4.69) is 9.97 Å². The van der Waals surface area contributed by atoms with Crippen molar-refractivity contribution in [1.29, 1.82) is 0 Å². The average molecular weight is 363 g/mol. The number of H-pyrrole nitrogens is 2. The van der Waals surface area contributed by atoms with Gasteiger partial charge in [-0.1, -0.05) is 0 Å². The molecule has 1 atom stereocenters. The highest BCUT2D eigenvalue weighted by Crippen LogP contribution is 2.50. The van der Waals surface area contributed by atoms with Gasteiger partial charge in [-0.2, -0.15) is 0 Å². The fourth-order valence-corrected chi connectivity index (χ4v) is 3.72. The molecule has 0 amide bonds. The van der Waals surface area contributed by atoms with E-state index in [1.54, 1.807) is 7.11 Å². The molecule has 8 nitrogen and oxygen atoms in total. The van der Waals surface area contributed by atoms with Gasteiger partial charge >= 0.3 is 0 Å². The average Bonchev–Trinajstić information content (AvgIpc) is 3.02. The van der Waals surface area contributed by atoms with Crippen LogP contribution in [0.4, 0.5) is 0 Å². The Bertz CT molecular complexity index is 967. The molecular weight excluding hydrogens is 346 g/mol. The first-order valence-electron chi connectivity index (χ1n) is 7.76. The Morgan fingerprint density at radius 1 is 1.36 bits per heavy atom. The molecule has 0 saturated carbocycles. The Morgan fingerprint density at radius 2 is 2.16 bits per heavy atom. The number of likely N-dealkylation sites (N-methyl/N-ethyl adjacent to an activating group) is 1. The number of aromatic nitrogens is 2. The van der Waals surface area contributed by atoms with Crippen LogP contribution in [0.3, 0.4) is 0 Å². The summed E-state index contributed by atoms with van der Waals surface area (Å²) in [6, 6.07) is 1.40. The molecule has 2 aromatic rings. The minimum absolute atomic E-state index is 0.0718. The number of nitrogens with zero attached hydrogens (tertiary/aromatic N) is 1. The third kappa shape index (κ3) is 2.38. The highest BCUT2D eigenvalue weighted by atomic mass is 32.1. The number of rotatable bonds is 2. The molecule has 0 saturated heterocycles. The Hall–Kier alpha value is -2.52. The molecule has 4 rings (SSSR count). The van der Waals surface area contributed by atoms with Gasteiger partial charge in [-0.15, -0.1) is 0 Å². The number of aromatic hydroxyl groups is 1. The monoisotopic (exact) mass is 363 g/mol. The minimum Gasteiger partial charge on any atom is -0.494 e. The van der Waals surface area contributed by atoms with Gasteiger partial charge in [-0.05, 0) is 37.3 Å². The number of ether oxygens (including phenoxy) is 3. The third-order valence-electron chi connectivity index (χ3n) is 4.63. The van der Waals surface area contributed by atoms with E-state index in [4.69, 9.17) is 26.4 Å². The number of aromatic amines is 2. The Balaban J connectivity index is 2.01. The SMILES string of the molecule is COc1c2c(cc3c1[C@@H](c1c(O)[nH]c(=S)[nH]c1=O)N(C)CC3)OCO2. The van der Waals surface area contributed by atoms with Crippen molar-refractivity contribution < 1.29 is 19.3 Å². The first-order chi connectivity index (χ1) is 12.0. The molecule has 9 heteroatoms. The second-order valence-electron chi connectivity index (χ2n) is 6.02. The second-order valence-corrected chi connectivity index (χ2v) is 6.43. The van der Waals surface area contributed by atoms with Crippen molar-refractivity contribution in [2.24, 2.45) is 0 Å². The van der Waals surface area contributed by atoms with Gasteiger partial charge in [-0.3, -0.25) is 14.7 Å². The molecule has 0 fully saturated rings. The smallest absolute Gasteiger partial charge is 0.260 e. The van der Waals surface area contributed by atoms with Gasteiger partial charge in [0.2, 0.25) is 18.4 Å². The molecule has 2 aliphatic heterocycles. The molecule has 0 bridgehead atoms. The van der Waals surface area contributed by atoms with Crippen LogP contribution in [0.25, 0.3) is 0 Å². The van der Waals surface area contributed by atoms with Crippen molar-refractivity contribution in [2.45, 2.75) is 12.5 Å². The zero-order valence-corrected chi connectivity index (χ0v) is 14.5. The Morgan fingerprint density at radius 3 is 2.88 bits per heavy atom. The minimum atomic E-state index is -0.510. The van der Waals surface area contributed by atoms with Crippen LogP contribution in [-0.4, -0.2) is 47.5 Å². The molecule has 0 radical (unpaired) electrons. The maximum Gasteiger partial charge on any atom is 0.260 e. The van der Waals surface area contributed by atoms with Crippen molar-refractivity contribution in [2.75, 3.05) is 27.5 Å². The second kappa shape index (κ2) is 5.78. The fourth-order valence-electron chi connectivity index (χ4n) is 3.54. The predicted octanol–water partition coefficient (Wildman–Crippen LogP) is 1.45. The number of methoxy groups -OCH3 is 1. The summed E-state index contributed by atoms with van der Waals surface area (Å²) in [7, 11) is 3.43. The summed E-state index contributed by atoms with van der Waals surface area (Å²) in [4.78, 5) is 19.7. The molecule has 1 aromatic carbocycles. The van der Waals surface area contributed by atoms with E-state index in [0.717, 1.165) is 17.5 Å². The van der Waals surface area contributed by atoms with E-state index < -0.39 is 11.6 Å². The molecule has 25 heavy (non-hydrogen) atoms. The fraction of sp³-hybridized carbons (Fsp3) is 0.375. The summed E-state index contributed by atoms with van der Waals surface area (Å²) >= 11 is 4.92. The Kier molecular flexibility index (Phi) is 3.69. The summed E-state index contributed by atoms with van der Waals surface area (Å²) in [6.07, 6.45) is 0.761. The molecule has 132 valence electrons. The van der Waals surface area contributed by atoms with Crippen LogP contribution < -0.4 is 19.8 Å². The van der Waals surface area contributed by atoms with E-state index in [1.807, 2.05) is 18.0 Å². The van der Waals surface area contributed by atoms with Crippen molar-refractivity contribution in [1.82, 2.24) is 14.9 Å². The van der Waals surface area contributed by atoms with E-state index in [0.29, 0.717) is 23.8 Å². The van der Waals surface area contributed by atoms with Crippen LogP contribution in [0.2, 0.25) is 0 Å². The normalized spacial score (nSPS) is 18.9. The summed E-state index contributed by atoms with van der Waals surface area (Å²) in [5.74, 6) is 1.41. The van der Waals surface area contributed by atoms with Gasteiger partial charge < -0.3 is 24.3 Å². The molecule has 0 spiro atoms. The van der Waals surface area contributed by atoms with Crippen LogP contribution in [0.5, 0.6) is 23.1 Å². The topological polar surface area (TPSA) is 99.8 Å². The van der Waals surface area contributed by atoms with E-state index >= 15 is 0 Å². The lowest BCUT2D eigenvalue weighted by Gasteiger charge is -2.35. The van der Waals surface area contributed by atoms with Gasteiger partial charge in [0.05, 0.1) is 18.7 Å². The number of fused-ring (bicyclic) bond motifs is 2. The van der Waals surface area contributed by atoms with Crippen LogP contribution in [0.15, 0.2) is 10.9 Å². The molecular formula is C16H17N3O5S. The van der Waals surface area contributed by atoms with Crippen molar-refractivity contribution in [3.8, 4) is 23.1 Å². The van der Waals surface area contributed by atoms with Crippen LogP contribution in [0.1, 0.15) is 22.7 Å². The quantitative estimate of drug-likeness (QED) is 0.695. The Labute approximate surface area is 148 Å². The third-order valence-corrected chi connectivity index (χ3v) is 4.83. The summed E-state index contributed by atoms with van der Waals surface area (Å²) in [5, 5.41) is 10.4. The molecule has 3 heterocycles. The summed E-state index contributed by atoms with van der Waals surface area (Å²) in [5.41, 5.74) is 1.53. The van der Waals surface area contributed by atoms with E-state index in [1.165, 1.54) is 0 Å². The van der Waals surface area contributed by atoms with Gasteiger partial charge in [0.15, 0.2) is 16.3 Å². The predicted molar refractivity (Wildman–Crippen MR) is 91.2 cm³/mol. The molecule has 3 N–H and O–H groups in total. The molecule has 1 aromatic heterocycles. The number of hydrogen-bond donors (Lipinski definition) is 3. The molecule has 2 aliphatic rings. The lowest BCUT2D eigenvalue weighted by Crippen LogP contribution is -2.36. The first-order valence-corrected chi connectivity index (χ1v) is 8.17. The van der Waals surface area contributed by atoms with Crippen LogP contribution >= 0.6 is 12.2 Å². The standard InChI is InChI=1S/C16H17N3O5S/c1-19-4-3-7-5-8-12(24-6-23-8)13(22-2)9(7)11(19)10-14(20)17-16(25)18-15(10)21/h5,11H,3-4,6H2,1-2H3,(H3,17,18,20,21,25)/t11-/m0/s1. The maximum absolute atomic E-state index is 12.5.